The van der Waals surface area contributed by atoms with Crippen LogP contribution in [0, 0.1) is 10.1 Å². The Morgan fingerprint density at radius 1 is 1.18 bits per heavy atom. The number of nitrogens with zero attached hydrogens (tertiary/aromatic N) is 2. The second-order valence-electron chi connectivity index (χ2n) is 8.04. The number of thiophene rings is 1. The van der Waals surface area contributed by atoms with Crippen LogP contribution in [-0.2, 0) is 17.6 Å². The number of fused-ring (bicyclic) bond motifs is 2. The van der Waals surface area contributed by atoms with E-state index in [1.165, 1.54) is 53.5 Å². The zero-order valence-corrected chi connectivity index (χ0v) is 19.6. The van der Waals surface area contributed by atoms with Crippen molar-refractivity contribution in [3.8, 4) is 11.1 Å². The number of nitro groups is 1. The third kappa shape index (κ3) is 4.59. The lowest BCUT2D eigenvalue weighted by Crippen LogP contribution is -2.15. The van der Waals surface area contributed by atoms with E-state index in [1.807, 2.05) is 5.38 Å². The van der Waals surface area contributed by atoms with Crippen molar-refractivity contribution in [2.24, 2.45) is 0 Å². The minimum Gasteiger partial charge on any atom is -0.325 e. The monoisotopic (exact) mass is 492 g/mol. The molecule has 0 atom stereocenters. The molecule has 2 heterocycles. The Labute approximate surface area is 202 Å². The van der Waals surface area contributed by atoms with E-state index in [-0.39, 0.29) is 22.9 Å². The summed E-state index contributed by atoms with van der Waals surface area (Å²) in [5, 5.41) is 16.4. The highest BCUT2D eigenvalue weighted by Gasteiger charge is 2.16. The van der Waals surface area contributed by atoms with Gasteiger partial charge in [0.15, 0.2) is 5.16 Å². The number of nitrogens with one attached hydrogen (secondary N) is 2. The van der Waals surface area contributed by atoms with Crippen molar-refractivity contribution < 1.29 is 9.72 Å². The third-order valence-electron chi connectivity index (χ3n) is 5.76. The van der Waals surface area contributed by atoms with Crippen molar-refractivity contribution in [3.63, 3.8) is 0 Å². The number of carbonyl (C=O) groups excluding carboxylic acids is 1. The maximum absolute atomic E-state index is 12.9. The summed E-state index contributed by atoms with van der Waals surface area (Å²) in [4.78, 5) is 43.5. The highest BCUT2D eigenvalue weighted by Crippen LogP contribution is 2.34. The Morgan fingerprint density at radius 2 is 2.00 bits per heavy atom. The van der Waals surface area contributed by atoms with Crippen LogP contribution in [0.1, 0.15) is 24.0 Å². The largest absolute Gasteiger partial charge is 0.325 e. The van der Waals surface area contributed by atoms with E-state index in [0.717, 1.165) is 35.7 Å². The topological polar surface area (TPSA) is 118 Å². The molecule has 0 saturated carbocycles. The number of hydrogen-bond acceptors (Lipinski definition) is 7. The van der Waals surface area contributed by atoms with Gasteiger partial charge >= 0.3 is 0 Å². The number of aryl methyl sites for hydroxylation is 2. The summed E-state index contributed by atoms with van der Waals surface area (Å²) in [7, 11) is 0. The van der Waals surface area contributed by atoms with Gasteiger partial charge in [0.25, 0.3) is 11.2 Å². The van der Waals surface area contributed by atoms with E-state index < -0.39 is 4.92 Å². The molecule has 0 unspecified atom stereocenters. The van der Waals surface area contributed by atoms with Gasteiger partial charge < -0.3 is 10.3 Å². The zero-order valence-electron chi connectivity index (χ0n) is 18.0. The lowest BCUT2D eigenvalue weighted by atomic mass is 9.89. The van der Waals surface area contributed by atoms with Crippen LogP contribution in [-0.4, -0.2) is 26.6 Å². The Hall–Kier alpha value is -3.50. The number of aromatic amines is 1. The van der Waals surface area contributed by atoms with E-state index in [4.69, 9.17) is 0 Å². The maximum atomic E-state index is 12.9. The minimum absolute atomic E-state index is 0.000192. The van der Waals surface area contributed by atoms with Crippen molar-refractivity contribution in [1.29, 1.82) is 0 Å². The number of non-ortho nitro benzene ring substituents is 1. The van der Waals surface area contributed by atoms with Gasteiger partial charge in [-0.25, -0.2) is 4.98 Å². The van der Waals surface area contributed by atoms with Crippen LogP contribution >= 0.6 is 23.1 Å². The molecule has 10 heteroatoms. The predicted octanol–water partition coefficient (Wildman–Crippen LogP) is 5.17. The molecule has 0 radical (unpaired) electrons. The summed E-state index contributed by atoms with van der Waals surface area (Å²) in [6.07, 6.45) is 4.59. The predicted molar refractivity (Wildman–Crippen MR) is 135 cm³/mol. The van der Waals surface area contributed by atoms with Crippen molar-refractivity contribution in [2.45, 2.75) is 30.8 Å². The highest BCUT2D eigenvalue weighted by atomic mass is 32.2. The van der Waals surface area contributed by atoms with Gasteiger partial charge in [0, 0.05) is 28.8 Å². The molecule has 4 aromatic rings. The number of thioether (sulfide) groups is 1. The van der Waals surface area contributed by atoms with Crippen LogP contribution in [0.3, 0.4) is 0 Å². The molecule has 34 heavy (non-hydrogen) atoms. The first-order chi connectivity index (χ1) is 16.5. The molecule has 1 aliphatic carbocycles. The molecule has 0 aliphatic heterocycles. The molecule has 1 aliphatic rings. The summed E-state index contributed by atoms with van der Waals surface area (Å²) in [5.74, 6) is -0.352. The lowest BCUT2D eigenvalue weighted by Gasteiger charge is -2.16. The van der Waals surface area contributed by atoms with Gasteiger partial charge in [-0.05, 0) is 48.4 Å². The first-order valence-corrected chi connectivity index (χ1v) is 12.7. The van der Waals surface area contributed by atoms with Crippen LogP contribution in [0.25, 0.3) is 21.3 Å². The number of aromatic nitrogens is 2. The smallest absolute Gasteiger partial charge is 0.271 e. The van der Waals surface area contributed by atoms with Gasteiger partial charge in [-0.15, -0.1) is 11.3 Å². The fourth-order valence-corrected chi connectivity index (χ4v) is 5.81. The number of anilines is 1. The normalized spacial score (nSPS) is 12.9. The SMILES string of the molecule is O=C(CSc1nc2scc(-c3ccc4c(c3)CCCC4)c2c(=O)[nH]1)Nc1cccc([N+](=O)[O-])c1. The molecular formula is C24H20N4O4S2. The summed E-state index contributed by atoms with van der Waals surface area (Å²) in [6.45, 7) is 0. The number of amides is 1. The van der Waals surface area contributed by atoms with Crippen molar-refractivity contribution in [2.75, 3.05) is 11.1 Å². The second-order valence-corrected chi connectivity index (χ2v) is 9.86. The maximum Gasteiger partial charge on any atom is 0.271 e. The van der Waals surface area contributed by atoms with Gasteiger partial charge in [-0.3, -0.25) is 19.7 Å². The Balaban J connectivity index is 1.32. The molecule has 2 aromatic carbocycles. The zero-order chi connectivity index (χ0) is 23.7. The quantitative estimate of drug-likeness (QED) is 0.166. The average molecular weight is 493 g/mol. The molecule has 1 amide bonds. The van der Waals surface area contributed by atoms with Gasteiger partial charge in [0.05, 0.1) is 16.1 Å². The van der Waals surface area contributed by atoms with E-state index in [2.05, 4.69) is 33.5 Å². The van der Waals surface area contributed by atoms with Crippen LogP contribution < -0.4 is 10.9 Å². The molecule has 0 spiro atoms. The number of H-pyrrole nitrogens is 1. The van der Waals surface area contributed by atoms with Crippen molar-refractivity contribution in [3.05, 3.63) is 79.4 Å². The summed E-state index contributed by atoms with van der Waals surface area (Å²) < 4.78 is 0. The number of benzene rings is 2. The van der Waals surface area contributed by atoms with Gasteiger partial charge in [-0.1, -0.05) is 36.0 Å². The van der Waals surface area contributed by atoms with Crippen molar-refractivity contribution >= 4 is 50.6 Å². The third-order valence-corrected chi connectivity index (χ3v) is 7.51. The van der Waals surface area contributed by atoms with Crippen LogP contribution in [0.2, 0.25) is 0 Å². The standard InChI is InChI=1S/C24H20N4O4S2/c29-20(25-17-6-3-7-18(11-17)28(31)32)13-34-24-26-22(30)21-19(12-33-23(21)27-24)16-9-8-14-4-1-2-5-15(14)10-16/h3,6-12H,1-2,4-5,13H2,(H,25,29)(H,26,27,30). The van der Waals surface area contributed by atoms with E-state index in [1.54, 1.807) is 6.07 Å². The number of nitro benzene ring substituents is 1. The molecule has 8 nitrogen and oxygen atoms in total. The number of rotatable bonds is 6. The minimum atomic E-state index is -0.520. The van der Waals surface area contributed by atoms with Crippen LogP contribution in [0.4, 0.5) is 11.4 Å². The Bertz CT molecular complexity index is 1480. The Kier molecular flexibility index (Phi) is 6.16. The van der Waals surface area contributed by atoms with E-state index >= 15 is 0 Å². The average Bonchev–Trinajstić information content (AvgIpc) is 3.27. The van der Waals surface area contributed by atoms with Crippen LogP contribution in [0.5, 0.6) is 0 Å². The first-order valence-electron chi connectivity index (χ1n) is 10.8. The van der Waals surface area contributed by atoms with E-state index in [9.17, 15) is 19.7 Å². The molecular weight excluding hydrogens is 472 g/mol. The Morgan fingerprint density at radius 3 is 2.82 bits per heavy atom. The highest BCUT2D eigenvalue weighted by molar-refractivity contribution is 7.99. The van der Waals surface area contributed by atoms with Gasteiger partial charge in [0.2, 0.25) is 5.91 Å². The number of hydrogen-bond donors (Lipinski definition) is 2. The van der Waals surface area contributed by atoms with Gasteiger partial charge in [-0.2, -0.15) is 0 Å². The number of carbonyl (C=O) groups is 1. The van der Waals surface area contributed by atoms with Crippen molar-refractivity contribution in [1.82, 2.24) is 9.97 Å². The lowest BCUT2D eigenvalue weighted by molar-refractivity contribution is -0.384. The summed E-state index contributed by atoms with van der Waals surface area (Å²) in [5.41, 5.74) is 4.65. The molecule has 0 fully saturated rings. The second kappa shape index (κ2) is 9.40. The first kappa shape index (κ1) is 22.3. The fraction of sp³-hybridized carbons (Fsp3) is 0.208. The summed E-state index contributed by atoms with van der Waals surface area (Å²) in [6, 6.07) is 12.2. The molecule has 2 aromatic heterocycles. The molecule has 0 saturated heterocycles. The fourth-order valence-electron chi connectivity index (χ4n) is 4.14. The van der Waals surface area contributed by atoms with E-state index in [0.29, 0.717) is 21.1 Å². The molecule has 2 N–H and O–H groups in total. The summed E-state index contributed by atoms with van der Waals surface area (Å²) >= 11 is 2.51. The molecule has 0 bridgehead atoms. The molecule has 5 rings (SSSR count). The van der Waals surface area contributed by atoms with Crippen LogP contribution in [0.15, 0.2) is 57.8 Å². The van der Waals surface area contributed by atoms with Gasteiger partial charge in [0.1, 0.15) is 4.83 Å². The molecule has 172 valence electrons.